The van der Waals surface area contributed by atoms with Gasteiger partial charge in [0.15, 0.2) is 0 Å². The number of pyridine rings is 1. The first-order valence-corrected chi connectivity index (χ1v) is 8.52. The lowest BCUT2D eigenvalue weighted by Crippen LogP contribution is -2.34. The zero-order valence-electron chi connectivity index (χ0n) is 14.0. The Kier molecular flexibility index (Phi) is 4.28. The van der Waals surface area contributed by atoms with Gasteiger partial charge in [0.1, 0.15) is 23.8 Å². The van der Waals surface area contributed by atoms with Gasteiger partial charge in [-0.2, -0.15) is 0 Å². The van der Waals surface area contributed by atoms with E-state index < -0.39 is 0 Å². The predicted molar refractivity (Wildman–Crippen MR) is 96.2 cm³/mol. The molecule has 0 radical (unpaired) electrons. The molecule has 0 spiro atoms. The van der Waals surface area contributed by atoms with Crippen LogP contribution in [0.1, 0.15) is 30.1 Å². The van der Waals surface area contributed by atoms with Crippen molar-refractivity contribution in [3.05, 3.63) is 60.7 Å². The van der Waals surface area contributed by atoms with Crippen molar-refractivity contribution in [3.63, 3.8) is 0 Å². The van der Waals surface area contributed by atoms with Crippen LogP contribution < -0.4 is 10.6 Å². The third-order valence-electron chi connectivity index (χ3n) is 4.68. The Hall–Kier alpha value is -2.96. The normalized spacial score (nSPS) is 15.4. The van der Waals surface area contributed by atoms with E-state index in [1.807, 2.05) is 24.5 Å². The van der Waals surface area contributed by atoms with Crippen molar-refractivity contribution in [2.45, 2.75) is 25.3 Å². The number of nitrogen functional groups attached to an aromatic ring is 1. The summed E-state index contributed by atoms with van der Waals surface area (Å²) in [6.07, 6.45) is 11.3. The molecule has 3 aromatic heterocycles. The molecule has 0 saturated carbocycles. The molecule has 0 atom stereocenters. The third-order valence-corrected chi connectivity index (χ3v) is 4.68. The van der Waals surface area contributed by atoms with E-state index in [0.717, 1.165) is 44.1 Å². The molecule has 128 valence electrons. The Balaban J connectivity index is 1.44. The summed E-state index contributed by atoms with van der Waals surface area (Å²) in [4.78, 5) is 19.4. The highest BCUT2D eigenvalue weighted by molar-refractivity contribution is 5.46. The van der Waals surface area contributed by atoms with E-state index >= 15 is 0 Å². The molecule has 0 bridgehead atoms. The van der Waals surface area contributed by atoms with Gasteiger partial charge in [-0.25, -0.2) is 15.0 Å². The smallest absolute Gasteiger partial charge is 0.134 e. The second kappa shape index (κ2) is 6.88. The minimum absolute atomic E-state index is 0.460. The van der Waals surface area contributed by atoms with Gasteiger partial charge in [0.2, 0.25) is 0 Å². The summed E-state index contributed by atoms with van der Waals surface area (Å²) >= 11 is 0. The molecule has 7 nitrogen and oxygen atoms in total. The number of nitrogens with two attached hydrogens (primary N) is 1. The van der Waals surface area contributed by atoms with Gasteiger partial charge in [0.25, 0.3) is 0 Å². The van der Waals surface area contributed by atoms with E-state index in [2.05, 4.69) is 41.7 Å². The van der Waals surface area contributed by atoms with E-state index in [1.165, 1.54) is 11.9 Å². The van der Waals surface area contributed by atoms with Gasteiger partial charge in [-0.05, 0) is 24.5 Å². The number of piperidine rings is 1. The minimum Gasteiger partial charge on any atom is -0.384 e. The van der Waals surface area contributed by atoms with Crippen LogP contribution in [0.4, 0.5) is 11.6 Å². The van der Waals surface area contributed by atoms with Crippen LogP contribution in [-0.4, -0.2) is 37.6 Å². The summed E-state index contributed by atoms with van der Waals surface area (Å²) in [7, 11) is 0. The van der Waals surface area contributed by atoms with Crippen LogP contribution in [0.25, 0.3) is 0 Å². The lowest BCUT2D eigenvalue weighted by molar-refractivity contribution is 0.468. The third kappa shape index (κ3) is 3.45. The minimum atomic E-state index is 0.460. The van der Waals surface area contributed by atoms with E-state index in [-0.39, 0.29) is 0 Å². The number of imidazole rings is 1. The molecule has 1 fully saturated rings. The number of aromatic nitrogens is 5. The van der Waals surface area contributed by atoms with Crippen molar-refractivity contribution in [3.8, 4) is 0 Å². The fraction of sp³-hybridized carbons (Fsp3) is 0.333. The Morgan fingerprint density at radius 3 is 2.76 bits per heavy atom. The molecule has 1 saturated heterocycles. The van der Waals surface area contributed by atoms with Crippen LogP contribution in [-0.2, 0) is 6.54 Å². The van der Waals surface area contributed by atoms with Crippen LogP contribution in [0.3, 0.4) is 0 Å². The van der Waals surface area contributed by atoms with Crippen LogP contribution in [0.2, 0.25) is 0 Å². The quantitative estimate of drug-likeness (QED) is 0.786. The molecule has 0 unspecified atom stereocenters. The molecule has 4 heterocycles. The molecule has 0 aliphatic carbocycles. The first kappa shape index (κ1) is 15.6. The van der Waals surface area contributed by atoms with Gasteiger partial charge in [-0.3, -0.25) is 4.98 Å². The van der Waals surface area contributed by atoms with E-state index in [9.17, 15) is 0 Å². The summed E-state index contributed by atoms with van der Waals surface area (Å²) in [5.41, 5.74) is 6.96. The molecule has 0 aromatic carbocycles. The van der Waals surface area contributed by atoms with E-state index in [0.29, 0.717) is 11.7 Å². The molecule has 0 amide bonds. The Labute approximate surface area is 146 Å². The SMILES string of the molecule is Nc1cc(N2CCC(c3nccn3Cc3cccnc3)CC2)ncn1. The monoisotopic (exact) mass is 335 g/mol. The summed E-state index contributed by atoms with van der Waals surface area (Å²) in [6.45, 7) is 2.70. The molecule has 1 aliphatic heterocycles. The molecule has 4 rings (SSSR count). The lowest BCUT2D eigenvalue weighted by atomic mass is 9.96. The van der Waals surface area contributed by atoms with Gasteiger partial charge in [-0.1, -0.05) is 6.07 Å². The van der Waals surface area contributed by atoms with Crippen molar-refractivity contribution >= 4 is 11.6 Å². The Morgan fingerprint density at radius 1 is 1.12 bits per heavy atom. The average molecular weight is 335 g/mol. The fourth-order valence-corrected chi connectivity index (χ4v) is 3.40. The maximum Gasteiger partial charge on any atom is 0.134 e. The molecule has 2 N–H and O–H groups in total. The van der Waals surface area contributed by atoms with Gasteiger partial charge >= 0.3 is 0 Å². The zero-order chi connectivity index (χ0) is 17.1. The van der Waals surface area contributed by atoms with Crippen LogP contribution >= 0.6 is 0 Å². The highest BCUT2D eigenvalue weighted by Gasteiger charge is 2.24. The van der Waals surface area contributed by atoms with Gasteiger partial charge in [0, 0.05) is 49.9 Å². The highest BCUT2D eigenvalue weighted by Crippen LogP contribution is 2.29. The molecular weight excluding hydrogens is 314 g/mol. The van der Waals surface area contributed by atoms with Crippen molar-refractivity contribution in [2.75, 3.05) is 23.7 Å². The first-order chi connectivity index (χ1) is 12.3. The second-order valence-electron chi connectivity index (χ2n) is 6.34. The maximum absolute atomic E-state index is 5.77. The van der Waals surface area contributed by atoms with Crippen molar-refractivity contribution < 1.29 is 0 Å². The topological polar surface area (TPSA) is 85.8 Å². The first-order valence-electron chi connectivity index (χ1n) is 8.52. The molecular formula is C18H21N7. The molecule has 25 heavy (non-hydrogen) atoms. The average Bonchev–Trinajstić information content (AvgIpc) is 3.11. The summed E-state index contributed by atoms with van der Waals surface area (Å²) in [6, 6.07) is 5.90. The highest BCUT2D eigenvalue weighted by atomic mass is 15.2. The predicted octanol–water partition coefficient (Wildman–Crippen LogP) is 2.08. The number of hydrogen-bond acceptors (Lipinski definition) is 6. The largest absolute Gasteiger partial charge is 0.384 e. The molecule has 7 heteroatoms. The molecule has 3 aromatic rings. The van der Waals surface area contributed by atoms with Crippen LogP contribution in [0, 0.1) is 0 Å². The Bertz CT molecular complexity index is 822. The second-order valence-corrected chi connectivity index (χ2v) is 6.34. The van der Waals surface area contributed by atoms with Crippen molar-refractivity contribution in [2.24, 2.45) is 0 Å². The zero-order valence-corrected chi connectivity index (χ0v) is 14.0. The number of hydrogen-bond donors (Lipinski definition) is 1. The maximum atomic E-state index is 5.77. The summed E-state index contributed by atoms with van der Waals surface area (Å²) < 4.78 is 2.24. The summed E-state index contributed by atoms with van der Waals surface area (Å²) in [5.74, 6) is 3.04. The van der Waals surface area contributed by atoms with Gasteiger partial charge in [0.05, 0.1) is 6.54 Å². The van der Waals surface area contributed by atoms with Crippen molar-refractivity contribution in [1.29, 1.82) is 0 Å². The fourth-order valence-electron chi connectivity index (χ4n) is 3.40. The van der Waals surface area contributed by atoms with Crippen LogP contribution in [0.15, 0.2) is 49.3 Å². The van der Waals surface area contributed by atoms with E-state index in [1.54, 1.807) is 6.20 Å². The van der Waals surface area contributed by atoms with Crippen LogP contribution in [0.5, 0.6) is 0 Å². The molecule has 1 aliphatic rings. The Morgan fingerprint density at radius 2 is 2.00 bits per heavy atom. The van der Waals surface area contributed by atoms with Gasteiger partial charge < -0.3 is 15.2 Å². The number of anilines is 2. The van der Waals surface area contributed by atoms with Gasteiger partial charge in [-0.15, -0.1) is 0 Å². The summed E-state index contributed by atoms with van der Waals surface area (Å²) in [5, 5.41) is 0. The van der Waals surface area contributed by atoms with E-state index in [4.69, 9.17) is 5.73 Å². The van der Waals surface area contributed by atoms with Crippen molar-refractivity contribution in [1.82, 2.24) is 24.5 Å². The lowest BCUT2D eigenvalue weighted by Gasteiger charge is -2.32. The standard InChI is InChI=1S/C18H21N7/c19-16-10-17(23-13-22-16)24-7-3-15(4-8-24)18-21-6-9-25(18)12-14-2-1-5-20-11-14/h1-2,5-6,9-11,13,15H,3-4,7-8,12H2,(H2,19,22,23). The number of nitrogens with zero attached hydrogens (tertiary/aromatic N) is 6. The number of rotatable bonds is 4.